The van der Waals surface area contributed by atoms with Crippen molar-refractivity contribution in [1.29, 1.82) is 5.41 Å². The number of hydrogen-bond donors (Lipinski definition) is 2. The third-order valence-corrected chi connectivity index (χ3v) is 4.62. The van der Waals surface area contributed by atoms with Gasteiger partial charge in [-0.3, -0.25) is 5.41 Å². The van der Waals surface area contributed by atoms with Crippen molar-refractivity contribution in [3.63, 3.8) is 0 Å². The summed E-state index contributed by atoms with van der Waals surface area (Å²) in [7, 11) is 0. The Kier molecular flexibility index (Phi) is 4.83. The highest BCUT2D eigenvalue weighted by atomic mass is 79.9. The van der Waals surface area contributed by atoms with Gasteiger partial charge in [0.25, 0.3) is 0 Å². The van der Waals surface area contributed by atoms with Crippen molar-refractivity contribution in [3.05, 3.63) is 50.6 Å². The molecule has 3 N–H and O–H groups in total. The third-order valence-electron chi connectivity index (χ3n) is 3.10. The lowest BCUT2D eigenvalue weighted by molar-refractivity contribution is 0.687. The Morgan fingerprint density at radius 2 is 2.15 bits per heavy atom. The van der Waals surface area contributed by atoms with Gasteiger partial charge in [-0.1, -0.05) is 6.07 Å². The van der Waals surface area contributed by atoms with E-state index in [1.807, 2.05) is 18.2 Å². The Balaban J connectivity index is 2.30. The molecule has 0 unspecified atom stereocenters. The molecule has 0 bridgehead atoms. The highest BCUT2D eigenvalue weighted by molar-refractivity contribution is 9.10. The molecular weight excluding hydrogens is 334 g/mol. The molecule has 0 fully saturated rings. The Morgan fingerprint density at radius 1 is 1.40 bits per heavy atom. The lowest BCUT2D eigenvalue weighted by Crippen LogP contribution is -2.29. The summed E-state index contributed by atoms with van der Waals surface area (Å²) in [4.78, 5) is 3.67. The van der Waals surface area contributed by atoms with E-state index in [0.29, 0.717) is 6.04 Å². The van der Waals surface area contributed by atoms with Crippen LogP contribution in [0.5, 0.6) is 0 Å². The van der Waals surface area contributed by atoms with Crippen LogP contribution >= 0.6 is 27.3 Å². The van der Waals surface area contributed by atoms with Gasteiger partial charge in [-0.05, 0) is 59.4 Å². The fourth-order valence-electron chi connectivity index (χ4n) is 2.04. The maximum atomic E-state index is 7.53. The van der Waals surface area contributed by atoms with E-state index in [2.05, 4.69) is 52.2 Å². The van der Waals surface area contributed by atoms with Crippen molar-refractivity contribution < 1.29 is 0 Å². The van der Waals surface area contributed by atoms with Crippen LogP contribution in [0.15, 0.2) is 40.2 Å². The molecule has 0 saturated carbocycles. The molecule has 3 nitrogen and oxygen atoms in total. The van der Waals surface area contributed by atoms with Gasteiger partial charge in [-0.15, -0.1) is 11.3 Å². The van der Waals surface area contributed by atoms with Crippen LogP contribution in [0.4, 0.5) is 5.69 Å². The van der Waals surface area contributed by atoms with Crippen molar-refractivity contribution in [2.75, 3.05) is 4.90 Å². The highest BCUT2D eigenvalue weighted by Crippen LogP contribution is 2.27. The highest BCUT2D eigenvalue weighted by Gasteiger charge is 2.14. The van der Waals surface area contributed by atoms with E-state index in [1.54, 1.807) is 11.3 Å². The largest absolute Gasteiger partial charge is 0.384 e. The van der Waals surface area contributed by atoms with Gasteiger partial charge in [0, 0.05) is 26.6 Å². The normalized spacial score (nSPS) is 10.8. The number of thiophene rings is 1. The lowest BCUT2D eigenvalue weighted by Gasteiger charge is -2.29. The first kappa shape index (κ1) is 15.1. The van der Waals surface area contributed by atoms with Crippen LogP contribution in [0.1, 0.15) is 24.3 Å². The molecule has 0 aliphatic rings. The third kappa shape index (κ3) is 3.41. The Bertz CT molecular complexity index is 593. The van der Waals surface area contributed by atoms with Crippen molar-refractivity contribution in [2.24, 2.45) is 5.73 Å². The number of amidine groups is 1. The molecule has 1 aromatic heterocycles. The molecule has 106 valence electrons. The molecule has 0 aliphatic heterocycles. The van der Waals surface area contributed by atoms with E-state index < -0.39 is 0 Å². The summed E-state index contributed by atoms with van der Waals surface area (Å²) in [5, 5.41) is 9.63. The fourth-order valence-corrected chi connectivity index (χ4v) is 3.33. The molecule has 0 saturated heterocycles. The van der Waals surface area contributed by atoms with Gasteiger partial charge in [0.2, 0.25) is 0 Å². The number of nitrogen functional groups attached to an aromatic ring is 1. The van der Waals surface area contributed by atoms with Gasteiger partial charge >= 0.3 is 0 Å². The molecule has 0 radical (unpaired) electrons. The van der Waals surface area contributed by atoms with Crippen molar-refractivity contribution >= 4 is 38.8 Å². The zero-order chi connectivity index (χ0) is 14.7. The number of halogens is 1. The number of rotatable bonds is 5. The van der Waals surface area contributed by atoms with E-state index in [9.17, 15) is 0 Å². The fraction of sp³-hybridized carbons (Fsp3) is 0.267. The average Bonchev–Trinajstić information content (AvgIpc) is 2.87. The summed E-state index contributed by atoms with van der Waals surface area (Å²) in [5.41, 5.74) is 7.41. The van der Waals surface area contributed by atoms with Crippen LogP contribution in [0, 0.1) is 5.41 Å². The van der Waals surface area contributed by atoms with Gasteiger partial charge < -0.3 is 10.6 Å². The molecule has 1 heterocycles. The standard InChI is InChI=1S/C15H18BrN3S/c1-10(2)19(9-12-4-3-7-20-12)11-5-6-13(15(17)18)14(16)8-11/h3-8,10H,9H2,1-2H3,(H3,17,18). The number of nitrogens with two attached hydrogens (primary N) is 1. The van der Waals surface area contributed by atoms with Gasteiger partial charge in [0.15, 0.2) is 0 Å². The van der Waals surface area contributed by atoms with Crippen molar-refractivity contribution in [3.8, 4) is 0 Å². The zero-order valence-electron chi connectivity index (χ0n) is 11.6. The average molecular weight is 352 g/mol. The lowest BCUT2D eigenvalue weighted by atomic mass is 10.1. The predicted octanol–water partition coefficient (Wildman–Crippen LogP) is 4.21. The van der Waals surface area contributed by atoms with Crippen molar-refractivity contribution in [1.82, 2.24) is 0 Å². The van der Waals surface area contributed by atoms with Crippen LogP contribution < -0.4 is 10.6 Å². The van der Waals surface area contributed by atoms with Gasteiger partial charge in [0.1, 0.15) is 5.84 Å². The number of benzene rings is 1. The maximum Gasteiger partial charge on any atom is 0.123 e. The molecule has 0 amide bonds. The number of nitrogens with one attached hydrogen (secondary N) is 1. The maximum absolute atomic E-state index is 7.53. The predicted molar refractivity (Wildman–Crippen MR) is 90.8 cm³/mol. The Labute approximate surface area is 132 Å². The first-order chi connectivity index (χ1) is 9.49. The van der Waals surface area contributed by atoms with Crippen LogP contribution in [0.25, 0.3) is 0 Å². The summed E-state index contributed by atoms with van der Waals surface area (Å²) in [6, 6.07) is 10.6. The van der Waals surface area contributed by atoms with Crippen LogP contribution in [-0.4, -0.2) is 11.9 Å². The minimum absolute atomic E-state index is 0.0813. The van der Waals surface area contributed by atoms with E-state index in [4.69, 9.17) is 11.1 Å². The SMILES string of the molecule is CC(C)N(Cc1cccs1)c1ccc(C(=N)N)c(Br)c1. The molecule has 2 aromatic rings. The second-order valence-corrected chi connectivity index (χ2v) is 6.77. The first-order valence-electron chi connectivity index (χ1n) is 6.42. The first-order valence-corrected chi connectivity index (χ1v) is 8.09. The van der Waals surface area contributed by atoms with Gasteiger partial charge in [-0.2, -0.15) is 0 Å². The second-order valence-electron chi connectivity index (χ2n) is 4.88. The monoisotopic (exact) mass is 351 g/mol. The molecule has 0 atom stereocenters. The zero-order valence-corrected chi connectivity index (χ0v) is 14.0. The molecule has 2 rings (SSSR count). The quantitative estimate of drug-likeness (QED) is 0.626. The van der Waals surface area contributed by atoms with Crippen molar-refractivity contribution in [2.45, 2.75) is 26.4 Å². The number of anilines is 1. The van der Waals surface area contributed by atoms with Gasteiger partial charge in [-0.25, -0.2) is 0 Å². The van der Waals surface area contributed by atoms with Gasteiger partial charge in [0.05, 0.1) is 6.54 Å². The van der Waals surface area contributed by atoms with Crippen LogP contribution in [0.3, 0.4) is 0 Å². The van der Waals surface area contributed by atoms with Crippen LogP contribution in [-0.2, 0) is 6.54 Å². The molecular formula is C15H18BrN3S. The van der Waals surface area contributed by atoms with E-state index in [1.165, 1.54) is 4.88 Å². The summed E-state index contributed by atoms with van der Waals surface area (Å²) in [5.74, 6) is 0.0813. The van der Waals surface area contributed by atoms with E-state index >= 15 is 0 Å². The minimum atomic E-state index is 0.0813. The molecule has 0 spiro atoms. The summed E-state index contributed by atoms with van der Waals surface area (Å²) >= 11 is 5.27. The Morgan fingerprint density at radius 3 is 2.65 bits per heavy atom. The Hall–Kier alpha value is -1.33. The summed E-state index contributed by atoms with van der Waals surface area (Å²) in [6.45, 7) is 5.25. The molecule has 0 aliphatic carbocycles. The molecule has 1 aromatic carbocycles. The topological polar surface area (TPSA) is 53.1 Å². The minimum Gasteiger partial charge on any atom is -0.384 e. The number of hydrogen-bond acceptors (Lipinski definition) is 3. The second kappa shape index (κ2) is 6.41. The van der Waals surface area contributed by atoms with E-state index in [-0.39, 0.29) is 5.84 Å². The molecule has 5 heteroatoms. The summed E-state index contributed by atoms with van der Waals surface area (Å²) in [6.07, 6.45) is 0. The van der Waals surface area contributed by atoms with Crippen LogP contribution in [0.2, 0.25) is 0 Å². The smallest absolute Gasteiger partial charge is 0.123 e. The molecule has 20 heavy (non-hydrogen) atoms. The summed E-state index contributed by atoms with van der Waals surface area (Å²) < 4.78 is 0.860. The number of nitrogens with zero attached hydrogens (tertiary/aromatic N) is 1. The van der Waals surface area contributed by atoms with E-state index in [0.717, 1.165) is 22.3 Å².